The molecule has 6 bridgehead atoms. The van der Waals surface area contributed by atoms with Crippen molar-refractivity contribution in [3.8, 4) is 33.5 Å². The number of likely N-dealkylation sites (tertiary alicyclic amines) is 3. The third kappa shape index (κ3) is 22.0. The van der Waals surface area contributed by atoms with Crippen LogP contribution in [0.15, 0.2) is 130 Å². The molecule has 762 valence electrons. The van der Waals surface area contributed by atoms with Gasteiger partial charge in [-0.25, -0.2) is 49.2 Å². The quantitative estimate of drug-likeness (QED) is 0.0713. The summed E-state index contributed by atoms with van der Waals surface area (Å²) in [5.74, 6) is 1.45. The number of pyridine rings is 4. The zero-order valence-electron chi connectivity index (χ0n) is 84.0. The lowest BCUT2D eigenvalue weighted by molar-refractivity contribution is -0.138. The van der Waals surface area contributed by atoms with Gasteiger partial charge >= 0.3 is 0 Å². The molecule has 2 aromatic carbocycles. The number of Topliss-reactive ketones (excluding diaryl/α,β-unsaturated/α-hetero) is 3. The highest BCUT2D eigenvalue weighted by atomic mass is 79.9. The van der Waals surface area contributed by atoms with Crippen molar-refractivity contribution in [1.82, 2.24) is 109 Å². The van der Waals surface area contributed by atoms with E-state index in [2.05, 4.69) is 165 Å². The molecule has 3 N–H and O–H groups in total. The maximum Gasteiger partial charge on any atom is 0.248 e. The molecule has 6 aliphatic heterocycles. The number of piperidine rings is 3. The minimum absolute atomic E-state index is 0.0314. The van der Waals surface area contributed by atoms with Crippen molar-refractivity contribution in [2.45, 2.75) is 258 Å². The molecule has 0 radical (unpaired) electrons. The van der Waals surface area contributed by atoms with Gasteiger partial charge in [-0.15, -0.1) is 0 Å². The minimum Gasteiger partial charge on any atom is -0.325 e. The molecule has 38 heteroatoms. The summed E-state index contributed by atoms with van der Waals surface area (Å²) in [6.45, 7) is 13.9. The Kier molecular flexibility index (Phi) is 30.4. The van der Waals surface area contributed by atoms with Crippen LogP contribution in [0.25, 0.3) is 66.2 Å². The van der Waals surface area contributed by atoms with Gasteiger partial charge in [0.15, 0.2) is 17.3 Å². The Hall–Kier alpha value is -12.2. The Morgan fingerprint density at radius 1 is 0.377 bits per heavy atom. The fourth-order valence-corrected chi connectivity index (χ4v) is 24.3. The zero-order chi connectivity index (χ0) is 102. The van der Waals surface area contributed by atoms with E-state index in [0.29, 0.717) is 134 Å². The molecule has 3 aliphatic carbocycles. The van der Waals surface area contributed by atoms with E-state index in [1.54, 1.807) is 92.6 Å². The highest BCUT2D eigenvalue weighted by Gasteiger charge is 2.70. The summed E-state index contributed by atoms with van der Waals surface area (Å²) in [5, 5.41) is 24.8. The monoisotopic (exact) mass is 2170 g/mol. The fourth-order valence-electron chi connectivity index (χ4n) is 23.4. The van der Waals surface area contributed by atoms with Crippen molar-refractivity contribution in [3.63, 3.8) is 0 Å². The standard InChI is InChI=1S/C37H42BrFN8O3.C36H41BrN8O3.C35H40BrN9O3/c1-22(48)33-28-14-25(27-18-40-23(2)41-19-27)13-26(17-39)34(28)46(44-33)20-32(49)47-29-15-37(16-30(37)47)21-45(3)12-8-6-4-5-7-9-24-10-11-31(38)42-35(24)43-36(29)50;1-22(46)33-27-15-25(26-18-38-23(2)39-19-26)10-12-28(27)44(42-33)20-32(47)45-29-16-36(17-30(36)45)21-43(3)14-8-6-4-5-7-9-24-11-13-31(37)40-34(24)41-35(29)48;1-21(46)32-25-13-26(24-16-37-22(2)38-17-24)39-18-28(25)44(42-32)19-31(47)45-27-14-35(15-29(35)45)20-43(3)12-8-6-4-5-7-9-23-10-11-30(36)40-33(23)41-34(27)48/h10-11,13-14,18-19,29-30H,4-9,12,15-17,20-21H2,1-3H3,(H,42,43,50);10-13,15,18-19,29-30H,4-9,14,16-17,20-21H2,1-3H3,(H,40,41,48);10-11,13,16-18,27,29H,4-9,12,14-15,19-20H2,1-3H3,(H,40,41,48)/t29-,30+,37-;29-,30+,36-;27-,29+,35-/m000/s1. The van der Waals surface area contributed by atoms with E-state index >= 15 is 0 Å². The van der Waals surface area contributed by atoms with E-state index in [1.165, 1.54) is 51.1 Å². The lowest BCUT2D eigenvalue weighted by atomic mass is 9.97. The van der Waals surface area contributed by atoms with Gasteiger partial charge in [0.25, 0.3) is 0 Å². The van der Waals surface area contributed by atoms with Crippen LogP contribution in [0.4, 0.5) is 21.8 Å². The van der Waals surface area contributed by atoms with Crippen LogP contribution in [0.3, 0.4) is 0 Å². The van der Waals surface area contributed by atoms with Crippen LogP contribution in [-0.4, -0.2) is 258 Å². The molecule has 0 unspecified atom stereocenters. The predicted molar refractivity (Wildman–Crippen MR) is 562 cm³/mol. The van der Waals surface area contributed by atoms with Crippen molar-refractivity contribution in [1.29, 1.82) is 0 Å². The molecule has 146 heavy (non-hydrogen) atoms. The average molecular weight is 2170 g/mol. The Morgan fingerprint density at radius 3 is 1.12 bits per heavy atom. The molecule has 21 rings (SSSR count). The summed E-state index contributed by atoms with van der Waals surface area (Å²) in [4.78, 5) is 180. The number of anilines is 3. The van der Waals surface area contributed by atoms with Crippen LogP contribution in [0.5, 0.6) is 0 Å². The first-order chi connectivity index (χ1) is 70.3. The number of nitrogens with zero attached hydrogens (tertiary/aromatic N) is 22. The molecule has 3 saturated carbocycles. The van der Waals surface area contributed by atoms with Crippen LogP contribution >= 0.6 is 47.8 Å². The largest absolute Gasteiger partial charge is 0.325 e. The fraction of sp³-hybridized carbons (Fsp3) is 0.481. The number of carbonyl (C=O) groups is 9. The van der Waals surface area contributed by atoms with E-state index in [-0.39, 0.29) is 118 Å². The summed E-state index contributed by atoms with van der Waals surface area (Å²) >= 11 is 10.4. The SMILES string of the molecule is CC(=O)c1nn(CC(=O)N2[C@H]3C[C@]4(C[C@@H]24)CN(C)CCCCCCCc2ccc(Br)nc2NC3=O)c2c(CF)cc(-c3cnc(C)nc3)cc12.CC(=O)c1nn(CC(=O)N2[C@H]3C[C@]4(C[C@@H]24)CN(C)CCCCCCCc2ccc(Br)nc2NC3=O)c2ccc(-c3cnc(C)nc3)cc12.CC(=O)c1nn(CC(=O)N2[C@H]3C[C@]4(C[C@@H]24)CN(C)CCCCCCCc2ccc(Br)nc2NC3=O)c2cnc(-c3cnc(C)nc3)cc12. The summed E-state index contributed by atoms with van der Waals surface area (Å²) in [6, 6.07) is 20.5. The third-order valence-corrected chi connectivity index (χ3v) is 32.2. The lowest BCUT2D eigenvalue weighted by Gasteiger charge is -2.27. The van der Waals surface area contributed by atoms with Crippen LogP contribution in [0, 0.1) is 37.0 Å². The summed E-state index contributed by atoms with van der Waals surface area (Å²) in [5.41, 5.74) is 9.51. The number of hydrogen-bond donors (Lipinski definition) is 3. The Labute approximate surface area is 872 Å². The number of ketones is 3. The highest BCUT2D eigenvalue weighted by Crippen LogP contribution is 2.63. The predicted octanol–water partition coefficient (Wildman–Crippen LogP) is 16.7. The number of rotatable bonds is 13. The van der Waals surface area contributed by atoms with Gasteiger partial charge in [0.05, 0.1) is 28.4 Å². The van der Waals surface area contributed by atoms with Gasteiger partial charge < -0.3 is 45.3 Å². The van der Waals surface area contributed by atoms with Crippen molar-refractivity contribution < 1.29 is 47.5 Å². The van der Waals surface area contributed by atoms with Gasteiger partial charge in [-0.3, -0.25) is 62.2 Å². The van der Waals surface area contributed by atoms with E-state index in [9.17, 15) is 47.5 Å². The number of carbonyl (C=O) groups excluding carboxylic acids is 9. The normalized spacial score (nSPS) is 23.3. The third-order valence-electron chi connectivity index (χ3n) is 30.9. The molecule has 34 nitrogen and oxygen atoms in total. The molecule has 12 aromatic rings. The molecular weight excluding hydrogens is 2050 g/mol. The van der Waals surface area contributed by atoms with Crippen molar-refractivity contribution in [2.75, 3.05) is 76.4 Å². The summed E-state index contributed by atoms with van der Waals surface area (Å²) < 4.78 is 21.3. The molecule has 10 aromatic heterocycles. The second-order valence-electron chi connectivity index (χ2n) is 41.7. The second-order valence-corrected chi connectivity index (χ2v) is 44.1. The smallest absolute Gasteiger partial charge is 0.248 e. The maximum atomic E-state index is 14.7. The van der Waals surface area contributed by atoms with Gasteiger partial charge in [0.1, 0.15) is 110 Å². The number of hydrogen-bond acceptors (Lipinski definition) is 25. The minimum atomic E-state index is -0.830. The van der Waals surface area contributed by atoms with Crippen LogP contribution < -0.4 is 16.0 Å². The van der Waals surface area contributed by atoms with E-state index in [0.717, 1.165) is 176 Å². The number of nitrogens with one attached hydrogen (secondary N) is 3. The molecule has 3 spiro atoms. The molecule has 9 aliphatic rings. The average Bonchev–Trinajstić information content (AvgIpc) is 1.54. The van der Waals surface area contributed by atoms with Gasteiger partial charge in [0.2, 0.25) is 35.4 Å². The molecular formula is C108H123Br3FN25O9. The number of halogens is 4. The van der Waals surface area contributed by atoms with Crippen LogP contribution in [0.2, 0.25) is 0 Å². The Morgan fingerprint density at radius 2 is 0.719 bits per heavy atom. The Balaban J connectivity index is 0.000000138. The first kappa shape index (κ1) is 102. The lowest BCUT2D eigenvalue weighted by Crippen LogP contribution is -2.47. The molecule has 3 saturated heterocycles. The van der Waals surface area contributed by atoms with Gasteiger partial charge in [-0.05, 0) is 282 Å². The summed E-state index contributed by atoms with van der Waals surface area (Å²) in [7, 11) is 6.42. The topological polar surface area (TPSA) is 392 Å². The van der Waals surface area contributed by atoms with Crippen molar-refractivity contribution in [3.05, 3.63) is 187 Å². The van der Waals surface area contributed by atoms with Gasteiger partial charge in [0, 0.05) is 150 Å². The van der Waals surface area contributed by atoms with E-state index in [1.807, 2.05) is 68.4 Å². The number of fused-ring (bicyclic) bond motifs is 9. The molecule has 6 fully saturated rings. The first-order valence-electron chi connectivity index (χ1n) is 51.0. The van der Waals surface area contributed by atoms with E-state index < -0.39 is 24.8 Å². The number of alkyl halides is 1. The zero-order valence-corrected chi connectivity index (χ0v) is 88.8. The van der Waals surface area contributed by atoms with Crippen LogP contribution in [-0.2, 0) is 74.3 Å². The highest BCUT2D eigenvalue weighted by molar-refractivity contribution is 9.11. The van der Waals surface area contributed by atoms with Crippen molar-refractivity contribution >= 4 is 151 Å². The second kappa shape index (κ2) is 43.3. The number of aryl methyl sites for hydroxylation is 6. The number of aromatic nitrogens is 16. The molecule has 16 heterocycles. The van der Waals surface area contributed by atoms with Crippen LogP contribution in [0.1, 0.15) is 227 Å². The molecule has 9 atom stereocenters. The maximum absolute atomic E-state index is 14.7. The van der Waals surface area contributed by atoms with Crippen molar-refractivity contribution in [2.24, 2.45) is 16.2 Å². The molecule has 6 amide bonds. The Bertz CT molecular complexity index is 6790. The first-order valence-corrected chi connectivity index (χ1v) is 53.4. The number of benzene rings is 2. The van der Waals surface area contributed by atoms with Gasteiger partial charge in [-0.1, -0.05) is 82.1 Å². The van der Waals surface area contributed by atoms with E-state index in [4.69, 9.17) is 0 Å². The summed E-state index contributed by atoms with van der Waals surface area (Å²) in [6.07, 6.45) is 35.5. The number of amides is 6. The van der Waals surface area contributed by atoms with Gasteiger partial charge in [-0.2, -0.15) is 15.3 Å².